The minimum Gasteiger partial charge on any atom is -0.506 e. The fourth-order valence-corrected chi connectivity index (χ4v) is 3.52. The van der Waals surface area contributed by atoms with Crippen LogP contribution < -0.4 is 5.32 Å². The Morgan fingerprint density at radius 2 is 1.76 bits per heavy atom. The lowest BCUT2D eigenvalue weighted by atomic mass is 9.82. The zero-order valence-corrected chi connectivity index (χ0v) is 14.7. The summed E-state index contributed by atoms with van der Waals surface area (Å²) in [6.07, 6.45) is 3.95. The van der Waals surface area contributed by atoms with Crippen LogP contribution in [0.4, 0.5) is 5.69 Å². The Morgan fingerprint density at radius 1 is 1.16 bits per heavy atom. The van der Waals surface area contributed by atoms with Gasteiger partial charge in [0.15, 0.2) is 0 Å². The Hall–Kier alpha value is -2.39. The highest BCUT2D eigenvalue weighted by molar-refractivity contribution is 7.89. The van der Waals surface area contributed by atoms with Crippen LogP contribution in [0.25, 0.3) is 0 Å². The number of anilines is 1. The molecule has 0 radical (unpaired) electrons. The van der Waals surface area contributed by atoms with Crippen molar-refractivity contribution in [3.05, 3.63) is 30.4 Å². The normalized spacial score (nSPS) is 20.4. The molecule has 136 valence electrons. The van der Waals surface area contributed by atoms with Gasteiger partial charge in [-0.15, -0.1) is 0 Å². The number of rotatable bonds is 5. The number of amides is 1. The summed E-state index contributed by atoms with van der Waals surface area (Å²) in [6.45, 7) is 0. The van der Waals surface area contributed by atoms with Gasteiger partial charge in [-0.2, -0.15) is 0 Å². The minimum atomic E-state index is -3.74. The molecule has 0 bridgehead atoms. The monoisotopic (exact) mass is 368 g/mol. The number of carbonyl (C=O) groups excluding carboxylic acids is 1. The van der Waals surface area contributed by atoms with Crippen LogP contribution in [0.2, 0.25) is 0 Å². The van der Waals surface area contributed by atoms with Gasteiger partial charge in [0.2, 0.25) is 15.9 Å². The van der Waals surface area contributed by atoms with Gasteiger partial charge in [0, 0.05) is 14.1 Å². The van der Waals surface area contributed by atoms with Crippen LogP contribution >= 0.6 is 0 Å². The first-order chi connectivity index (χ1) is 11.6. The summed E-state index contributed by atoms with van der Waals surface area (Å²) in [5, 5.41) is 21.6. The van der Waals surface area contributed by atoms with Crippen LogP contribution in [0.3, 0.4) is 0 Å². The van der Waals surface area contributed by atoms with Gasteiger partial charge < -0.3 is 15.5 Å². The third-order valence-electron chi connectivity index (χ3n) is 4.09. The molecule has 0 spiro atoms. The number of nitrogens with zero attached hydrogens (tertiary/aromatic N) is 1. The summed E-state index contributed by atoms with van der Waals surface area (Å²) in [4.78, 5) is 23.7. The number of carboxylic acids is 1. The van der Waals surface area contributed by atoms with E-state index in [1.807, 2.05) is 0 Å². The van der Waals surface area contributed by atoms with E-state index in [0.29, 0.717) is 0 Å². The van der Waals surface area contributed by atoms with Crippen molar-refractivity contribution in [1.82, 2.24) is 4.31 Å². The number of nitrogens with one attached hydrogen (secondary N) is 1. The molecule has 9 heteroatoms. The number of phenolic OH excluding ortho intramolecular Hbond substituents is 1. The molecule has 0 aromatic heterocycles. The highest BCUT2D eigenvalue weighted by atomic mass is 32.2. The van der Waals surface area contributed by atoms with Crippen molar-refractivity contribution in [2.24, 2.45) is 11.8 Å². The maximum atomic E-state index is 12.5. The van der Waals surface area contributed by atoms with Crippen molar-refractivity contribution in [1.29, 1.82) is 0 Å². The first-order valence-corrected chi connectivity index (χ1v) is 9.03. The van der Waals surface area contributed by atoms with E-state index in [1.54, 1.807) is 12.2 Å². The number of phenols is 1. The quantitative estimate of drug-likeness (QED) is 0.531. The van der Waals surface area contributed by atoms with Crippen molar-refractivity contribution in [2.75, 3.05) is 19.4 Å². The number of aliphatic carboxylic acids is 1. The molecular weight excluding hydrogens is 348 g/mol. The lowest BCUT2D eigenvalue weighted by Gasteiger charge is -2.24. The molecule has 2 atom stereocenters. The molecule has 1 aliphatic rings. The van der Waals surface area contributed by atoms with Gasteiger partial charge in [-0.3, -0.25) is 9.59 Å². The van der Waals surface area contributed by atoms with Crippen molar-refractivity contribution in [3.63, 3.8) is 0 Å². The lowest BCUT2D eigenvalue weighted by molar-refractivity contribution is -0.146. The van der Waals surface area contributed by atoms with Crippen LogP contribution in [-0.4, -0.2) is 48.9 Å². The van der Waals surface area contributed by atoms with E-state index >= 15 is 0 Å². The minimum absolute atomic E-state index is 0.0772. The Bertz CT molecular complexity index is 816. The fourth-order valence-electron chi connectivity index (χ4n) is 2.59. The predicted molar refractivity (Wildman–Crippen MR) is 90.6 cm³/mol. The van der Waals surface area contributed by atoms with Gasteiger partial charge in [0.05, 0.1) is 22.4 Å². The van der Waals surface area contributed by atoms with Crippen molar-refractivity contribution >= 4 is 27.6 Å². The lowest BCUT2D eigenvalue weighted by Crippen LogP contribution is -2.34. The van der Waals surface area contributed by atoms with E-state index in [9.17, 15) is 28.2 Å². The number of allylic oxidation sites excluding steroid dienone is 2. The Balaban J connectivity index is 2.29. The number of carbonyl (C=O) groups is 2. The van der Waals surface area contributed by atoms with Crippen LogP contribution in [0.5, 0.6) is 5.75 Å². The summed E-state index contributed by atoms with van der Waals surface area (Å²) in [5.74, 6) is -3.61. The molecule has 1 aromatic rings. The van der Waals surface area contributed by atoms with Crippen LogP contribution in [0.1, 0.15) is 12.8 Å². The SMILES string of the molecule is CN(C)S(=O)(=O)c1ccc(O)c(NC(=O)[C@H]2CC=CC[C@H]2C(=O)O)c1. The summed E-state index contributed by atoms with van der Waals surface area (Å²) < 4.78 is 25.3. The van der Waals surface area contributed by atoms with Gasteiger partial charge in [-0.05, 0) is 31.0 Å². The number of aromatic hydroxyl groups is 1. The van der Waals surface area contributed by atoms with Crippen molar-refractivity contribution < 1.29 is 28.2 Å². The Labute approximate surface area is 145 Å². The van der Waals surface area contributed by atoms with Crippen molar-refractivity contribution in [2.45, 2.75) is 17.7 Å². The number of hydrogen-bond donors (Lipinski definition) is 3. The second kappa shape index (κ2) is 7.24. The average molecular weight is 368 g/mol. The van der Waals surface area contributed by atoms with E-state index in [2.05, 4.69) is 5.32 Å². The average Bonchev–Trinajstić information content (AvgIpc) is 2.56. The summed E-state index contributed by atoms with van der Waals surface area (Å²) in [6, 6.07) is 3.54. The molecule has 0 unspecified atom stereocenters. The summed E-state index contributed by atoms with van der Waals surface area (Å²) in [5.41, 5.74) is -0.0772. The van der Waals surface area contributed by atoms with Gasteiger partial charge in [-0.1, -0.05) is 12.2 Å². The summed E-state index contributed by atoms with van der Waals surface area (Å²) in [7, 11) is -1.00. The van der Waals surface area contributed by atoms with Gasteiger partial charge in [-0.25, -0.2) is 12.7 Å². The predicted octanol–water partition coefficient (Wildman–Crippen LogP) is 1.25. The molecule has 8 nitrogen and oxygen atoms in total. The number of carboxylic acid groups (broad SMARTS) is 1. The fraction of sp³-hybridized carbons (Fsp3) is 0.375. The Kier molecular flexibility index (Phi) is 5.48. The van der Waals surface area contributed by atoms with Crippen LogP contribution in [0, 0.1) is 11.8 Å². The van der Waals surface area contributed by atoms with E-state index in [1.165, 1.54) is 26.2 Å². The second-order valence-electron chi connectivity index (χ2n) is 5.95. The topological polar surface area (TPSA) is 124 Å². The molecule has 0 aliphatic heterocycles. The molecular formula is C16H20N2O6S. The smallest absolute Gasteiger partial charge is 0.307 e. The van der Waals surface area contributed by atoms with Crippen LogP contribution in [-0.2, 0) is 19.6 Å². The first kappa shape index (κ1) is 18.9. The Morgan fingerprint density at radius 3 is 2.32 bits per heavy atom. The standard InChI is InChI=1S/C16H20N2O6S/c1-18(2)25(23,24)10-7-8-14(19)13(9-10)17-15(20)11-5-3-4-6-12(11)16(21)22/h3-4,7-9,11-12,19H,5-6H2,1-2H3,(H,17,20)(H,21,22)/t11-,12+/m0/s1. The zero-order valence-electron chi connectivity index (χ0n) is 13.8. The molecule has 0 heterocycles. The molecule has 25 heavy (non-hydrogen) atoms. The molecule has 0 fully saturated rings. The van der Waals surface area contributed by atoms with Crippen molar-refractivity contribution in [3.8, 4) is 5.75 Å². The number of benzene rings is 1. The molecule has 2 rings (SSSR count). The van der Waals surface area contributed by atoms with Gasteiger partial charge in [0.1, 0.15) is 5.75 Å². The van der Waals surface area contributed by atoms with E-state index in [4.69, 9.17) is 0 Å². The van der Waals surface area contributed by atoms with E-state index < -0.39 is 33.7 Å². The highest BCUT2D eigenvalue weighted by Crippen LogP contribution is 2.31. The maximum absolute atomic E-state index is 12.5. The zero-order chi connectivity index (χ0) is 18.8. The highest BCUT2D eigenvalue weighted by Gasteiger charge is 2.34. The molecule has 0 saturated heterocycles. The number of hydrogen-bond acceptors (Lipinski definition) is 5. The number of sulfonamides is 1. The molecule has 1 amide bonds. The van der Waals surface area contributed by atoms with Crippen LogP contribution in [0.15, 0.2) is 35.2 Å². The second-order valence-corrected chi connectivity index (χ2v) is 8.10. The van der Waals surface area contributed by atoms with E-state index in [-0.39, 0.29) is 29.2 Å². The third kappa shape index (κ3) is 3.99. The maximum Gasteiger partial charge on any atom is 0.307 e. The summed E-state index contributed by atoms with van der Waals surface area (Å²) >= 11 is 0. The molecule has 1 aliphatic carbocycles. The molecule has 1 aromatic carbocycles. The van der Waals surface area contributed by atoms with Gasteiger partial charge >= 0.3 is 5.97 Å². The largest absolute Gasteiger partial charge is 0.506 e. The van der Waals surface area contributed by atoms with Gasteiger partial charge in [0.25, 0.3) is 0 Å². The third-order valence-corrected chi connectivity index (χ3v) is 5.90. The van der Waals surface area contributed by atoms with E-state index in [0.717, 1.165) is 10.4 Å². The first-order valence-electron chi connectivity index (χ1n) is 7.58. The molecule has 3 N–H and O–H groups in total. The molecule has 0 saturated carbocycles.